The largest absolute Gasteiger partial charge is 0.378 e. The van der Waals surface area contributed by atoms with Crippen molar-refractivity contribution < 1.29 is 4.74 Å². The van der Waals surface area contributed by atoms with Crippen LogP contribution >= 0.6 is 0 Å². The van der Waals surface area contributed by atoms with Crippen molar-refractivity contribution in [1.82, 2.24) is 9.88 Å². The normalized spacial score (nSPS) is 21.3. The molecule has 0 spiro atoms. The van der Waals surface area contributed by atoms with Gasteiger partial charge in [-0.2, -0.15) is 0 Å². The molecule has 0 saturated carbocycles. The van der Waals surface area contributed by atoms with Crippen molar-refractivity contribution in [2.75, 3.05) is 13.2 Å². The maximum Gasteiger partial charge on any atom is 0.0593 e. The summed E-state index contributed by atoms with van der Waals surface area (Å²) in [6.07, 6.45) is 9.74. The molecule has 0 radical (unpaired) electrons. The van der Waals surface area contributed by atoms with E-state index < -0.39 is 0 Å². The fourth-order valence-corrected chi connectivity index (χ4v) is 2.71. The molecule has 2 atom stereocenters. The minimum Gasteiger partial charge on any atom is -0.378 e. The molecule has 3 nitrogen and oxygen atoms in total. The quantitative estimate of drug-likeness (QED) is 0.804. The average molecular weight is 250 g/mol. The Kier molecular flexibility index (Phi) is 5.26. The average Bonchev–Trinajstić information content (AvgIpc) is 3.04. The third-order valence-corrected chi connectivity index (χ3v) is 3.77. The van der Waals surface area contributed by atoms with Gasteiger partial charge in [-0.15, -0.1) is 0 Å². The number of rotatable bonds is 7. The lowest BCUT2D eigenvalue weighted by Crippen LogP contribution is -2.19. The Morgan fingerprint density at radius 1 is 1.50 bits per heavy atom. The molecule has 2 heterocycles. The first-order valence-corrected chi connectivity index (χ1v) is 7.34. The topological polar surface area (TPSA) is 26.2 Å². The van der Waals surface area contributed by atoms with Gasteiger partial charge < -0.3 is 14.6 Å². The smallest absolute Gasteiger partial charge is 0.0593 e. The SMILES string of the molecule is CCNC(CC)c1ccn(CCC2CCCO2)c1. The van der Waals surface area contributed by atoms with E-state index in [1.165, 1.54) is 18.4 Å². The van der Waals surface area contributed by atoms with E-state index in [1.54, 1.807) is 0 Å². The number of ether oxygens (including phenoxy) is 1. The van der Waals surface area contributed by atoms with Gasteiger partial charge in [-0.25, -0.2) is 0 Å². The summed E-state index contributed by atoms with van der Waals surface area (Å²) in [6.45, 7) is 7.46. The summed E-state index contributed by atoms with van der Waals surface area (Å²) in [5.74, 6) is 0. The highest BCUT2D eigenvalue weighted by Crippen LogP contribution is 2.19. The Morgan fingerprint density at radius 2 is 2.39 bits per heavy atom. The molecular formula is C15H26N2O. The highest BCUT2D eigenvalue weighted by Gasteiger charge is 2.15. The first kappa shape index (κ1) is 13.6. The van der Waals surface area contributed by atoms with Crippen LogP contribution in [0.3, 0.4) is 0 Å². The van der Waals surface area contributed by atoms with Crippen molar-refractivity contribution in [2.24, 2.45) is 0 Å². The molecule has 1 fully saturated rings. The second-order valence-corrected chi connectivity index (χ2v) is 5.12. The van der Waals surface area contributed by atoms with Crippen LogP contribution in [0.1, 0.15) is 51.1 Å². The van der Waals surface area contributed by atoms with E-state index in [4.69, 9.17) is 4.74 Å². The van der Waals surface area contributed by atoms with Crippen LogP contribution in [0.4, 0.5) is 0 Å². The highest BCUT2D eigenvalue weighted by atomic mass is 16.5. The lowest BCUT2D eigenvalue weighted by atomic mass is 10.1. The third kappa shape index (κ3) is 3.59. The van der Waals surface area contributed by atoms with E-state index in [0.717, 1.165) is 32.5 Å². The summed E-state index contributed by atoms with van der Waals surface area (Å²) in [4.78, 5) is 0. The van der Waals surface area contributed by atoms with Crippen LogP contribution in [-0.4, -0.2) is 23.8 Å². The summed E-state index contributed by atoms with van der Waals surface area (Å²) >= 11 is 0. The Bertz CT molecular complexity index is 342. The van der Waals surface area contributed by atoms with Crippen molar-refractivity contribution in [1.29, 1.82) is 0 Å². The summed E-state index contributed by atoms with van der Waals surface area (Å²) in [5, 5.41) is 3.52. The number of hydrogen-bond acceptors (Lipinski definition) is 2. The lowest BCUT2D eigenvalue weighted by molar-refractivity contribution is 0.100. The number of nitrogens with one attached hydrogen (secondary N) is 1. The lowest BCUT2D eigenvalue weighted by Gasteiger charge is -2.14. The molecule has 1 aliphatic heterocycles. The highest BCUT2D eigenvalue weighted by molar-refractivity contribution is 5.15. The molecule has 0 aromatic carbocycles. The first-order chi connectivity index (χ1) is 8.83. The van der Waals surface area contributed by atoms with Gasteiger partial charge in [-0.3, -0.25) is 0 Å². The van der Waals surface area contributed by atoms with Crippen molar-refractivity contribution in [3.63, 3.8) is 0 Å². The monoisotopic (exact) mass is 250 g/mol. The van der Waals surface area contributed by atoms with Crippen LogP contribution in [0.2, 0.25) is 0 Å². The molecule has 0 aliphatic carbocycles. The van der Waals surface area contributed by atoms with Crippen LogP contribution in [0.25, 0.3) is 0 Å². The predicted octanol–water partition coefficient (Wildman–Crippen LogP) is 3.12. The molecule has 1 saturated heterocycles. The fraction of sp³-hybridized carbons (Fsp3) is 0.733. The van der Waals surface area contributed by atoms with Gasteiger partial charge in [0.1, 0.15) is 0 Å². The summed E-state index contributed by atoms with van der Waals surface area (Å²) in [7, 11) is 0. The van der Waals surface area contributed by atoms with Crippen LogP contribution in [0.15, 0.2) is 18.5 Å². The number of aryl methyl sites for hydroxylation is 1. The van der Waals surface area contributed by atoms with Gasteiger partial charge >= 0.3 is 0 Å². The van der Waals surface area contributed by atoms with Gasteiger partial charge in [0.25, 0.3) is 0 Å². The second-order valence-electron chi connectivity index (χ2n) is 5.12. The molecule has 18 heavy (non-hydrogen) atoms. The molecule has 1 aromatic rings. The van der Waals surface area contributed by atoms with Gasteiger partial charge in [0.05, 0.1) is 6.10 Å². The Hall–Kier alpha value is -0.800. The van der Waals surface area contributed by atoms with Gasteiger partial charge in [-0.05, 0) is 43.9 Å². The molecule has 102 valence electrons. The minimum atomic E-state index is 0.492. The van der Waals surface area contributed by atoms with Gasteiger partial charge in [0.15, 0.2) is 0 Å². The van der Waals surface area contributed by atoms with Crippen LogP contribution < -0.4 is 5.32 Å². The molecular weight excluding hydrogens is 224 g/mol. The summed E-state index contributed by atoms with van der Waals surface area (Å²) in [6, 6.07) is 2.74. The van der Waals surface area contributed by atoms with Crippen molar-refractivity contribution in [2.45, 2.75) is 58.2 Å². The van der Waals surface area contributed by atoms with Crippen molar-refractivity contribution >= 4 is 0 Å². The van der Waals surface area contributed by atoms with Crippen LogP contribution in [0.5, 0.6) is 0 Å². The second kappa shape index (κ2) is 6.95. The maximum absolute atomic E-state index is 5.66. The first-order valence-electron chi connectivity index (χ1n) is 7.34. The Morgan fingerprint density at radius 3 is 3.06 bits per heavy atom. The van der Waals surface area contributed by atoms with E-state index in [2.05, 4.69) is 42.2 Å². The van der Waals surface area contributed by atoms with Gasteiger partial charge in [0.2, 0.25) is 0 Å². The summed E-state index contributed by atoms with van der Waals surface area (Å²) < 4.78 is 7.97. The molecule has 1 N–H and O–H groups in total. The van der Waals surface area contributed by atoms with Gasteiger partial charge in [-0.1, -0.05) is 13.8 Å². The Balaban J connectivity index is 1.84. The maximum atomic E-state index is 5.66. The molecule has 0 bridgehead atoms. The predicted molar refractivity (Wildman–Crippen MR) is 74.7 cm³/mol. The van der Waals surface area contributed by atoms with Crippen molar-refractivity contribution in [3.05, 3.63) is 24.0 Å². The number of aromatic nitrogens is 1. The molecule has 1 aromatic heterocycles. The molecule has 2 rings (SSSR count). The minimum absolute atomic E-state index is 0.492. The van der Waals surface area contributed by atoms with Crippen LogP contribution in [0, 0.1) is 0 Å². The van der Waals surface area contributed by atoms with Crippen molar-refractivity contribution in [3.8, 4) is 0 Å². The molecule has 0 amide bonds. The van der Waals surface area contributed by atoms with Gasteiger partial charge in [0, 0.05) is 31.6 Å². The third-order valence-electron chi connectivity index (χ3n) is 3.77. The molecule has 2 unspecified atom stereocenters. The van der Waals surface area contributed by atoms with E-state index in [1.807, 2.05) is 0 Å². The van der Waals surface area contributed by atoms with E-state index in [0.29, 0.717) is 12.1 Å². The zero-order valence-corrected chi connectivity index (χ0v) is 11.7. The van der Waals surface area contributed by atoms with E-state index in [9.17, 15) is 0 Å². The van der Waals surface area contributed by atoms with E-state index in [-0.39, 0.29) is 0 Å². The van der Waals surface area contributed by atoms with E-state index >= 15 is 0 Å². The van der Waals surface area contributed by atoms with Crippen LogP contribution in [-0.2, 0) is 11.3 Å². The molecule has 3 heteroatoms. The zero-order chi connectivity index (χ0) is 12.8. The number of nitrogens with zero attached hydrogens (tertiary/aromatic N) is 1. The molecule has 1 aliphatic rings. The Labute approximate surface area is 111 Å². The zero-order valence-electron chi connectivity index (χ0n) is 11.7. The number of hydrogen-bond donors (Lipinski definition) is 1. The summed E-state index contributed by atoms with van der Waals surface area (Å²) in [5.41, 5.74) is 1.41. The fourth-order valence-electron chi connectivity index (χ4n) is 2.71. The standard InChI is InChI=1S/C15H26N2O/c1-3-15(16-4-2)13-7-9-17(12-13)10-8-14-6-5-11-18-14/h7,9,12,14-16H,3-6,8,10-11H2,1-2H3.